The van der Waals surface area contributed by atoms with Crippen molar-refractivity contribution in [3.63, 3.8) is 0 Å². The lowest BCUT2D eigenvalue weighted by molar-refractivity contribution is 0.0528. The molecule has 2 heteroatoms. The summed E-state index contributed by atoms with van der Waals surface area (Å²) in [5, 5.41) is 0. The zero-order valence-corrected chi connectivity index (χ0v) is 39.2. The molecule has 9 aromatic rings. The molecule has 0 aromatic heterocycles. The molecular formula is C70H44O2. The SMILES string of the molecule is O=C1c2c(c3c(c4c2C2c5ccccc5C4c4ccccc42)C2c4ccccc4C3c3ccccc32)C(=O)[C@H]2[C@@H]1[C@H]1C(=C3C4c5ccccc5C(c5ccccc54)[C@@H]32)C2c3ccccc3C1c1ccccc12. The molecule has 8 bridgehead atoms. The van der Waals surface area contributed by atoms with Gasteiger partial charge in [0.15, 0.2) is 11.6 Å². The van der Waals surface area contributed by atoms with Crippen LogP contribution < -0.4 is 0 Å². The normalized spacial score (nSPS) is 29.1. The van der Waals surface area contributed by atoms with Gasteiger partial charge in [-0.3, -0.25) is 9.59 Å². The fraction of sp³-hybridized carbons (Fsp3) is 0.171. The first-order valence-corrected chi connectivity index (χ1v) is 26.4. The molecular weight excluding hydrogens is 873 g/mol. The van der Waals surface area contributed by atoms with Crippen molar-refractivity contribution in [2.45, 2.75) is 47.3 Å². The zero-order valence-electron chi connectivity index (χ0n) is 39.2. The Bertz CT molecular complexity index is 3690. The minimum Gasteiger partial charge on any atom is -0.294 e. The van der Waals surface area contributed by atoms with Crippen molar-refractivity contribution in [3.8, 4) is 0 Å². The van der Waals surface area contributed by atoms with Crippen molar-refractivity contribution < 1.29 is 9.59 Å². The summed E-state index contributed by atoms with van der Waals surface area (Å²) in [6, 6.07) is 72.9. The molecule has 72 heavy (non-hydrogen) atoms. The summed E-state index contributed by atoms with van der Waals surface area (Å²) < 4.78 is 0. The third kappa shape index (κ3) is 4.02. The molecule has 14 aliphatic carbocycles. The van der Waals surface area contributed by atoms with E-state index in [1.165, 1.54) is 111 Å². The highest BCUT2D eigenvalue weighted by Gasteiger charge is 2.67. The summed E-state index contributed by atoms with van der Waals surface area (Å²) in [4.78, 5) is 35.4. The van der Waals surface area contributed by atoms with Gasteiger partial charge in [-0.05, 0) is 111 Å². The molecule has 9 aromatic carbocycles. The van der Waals surface area contributed by atoms with Gasteiger partial charge >= 0.3 is 0 Å². The molecule has 0 fully saturated rings. The first-order valence-electron chi connectivity index (χ1n) is 26.4. The van der Waals surface area contributed by atoms with Crippen LogP contribution in [0.2, 0.25) is 0 Å². The van der Waals surface area contributed by atoms with E-state index in [2.05, 4.69) is 194 Å². The monoisotopic (exact) mass is 916 g/mol. The van der Waals surface area contributed by atoms with Gasteiger partial charge in [0.1, 0.15) is 0 Å². The highest BCUT2D eigenvalue weighted by atomic mass is 16.1. The van der Waals surface area contributed by atoms with Crippen LogP contribution in [0.3, 0.4) is 0 Å². The molecule has 0 radical (unpaired) electrons. The third-order valence-corrected chi connectivity index (χ3v) is 20.5. The van der Waals surface area contributed by atoms with E-state index in [1.807, 2.05) is 0 Å². The largest absolute Gasteiger partial charge is 0.294 e. The van der Waals surface area contributed by atoms with Crippen molar-refractivity contribution in [2.24, 2.45) is 23.7 Å². The fourth-order valence-corrected chi connectivity index (χ4v) is 18.7. The minimum absolute atomic E-state index is 0.00442. The molecule has 23 rings (SSSR count). The Morgan fingerprint density at radius 3 is 0.639 bits per heavy atom. The van der Waals surface area contributed by atoms with Gasteiger partial charge in [-0.15, -0.1) is 0 Å². The smallest absolute Gasteiger partial charge is 0.168 e. The van der Waals surface area contributed by atoms with Crippen LogP contribution in [0.5, 0.6) is 0 Å². The lowest BCUT2D eigenvalue weighted by Crippen LogP contribution is -2.57. The van der Waals surface area contributed by atoms with Crippen LogP contribution in [-0.2, 0) is 0 Å². The Balaban J connectivity index is 0.978. The molecule has 0 unspecified atom stereocenters. The lowest BCUT2D eigenvalue weighted by Gasteiger charge is -2.62. The molecule has 336 valence electrons. The number of ketones is 2. The molecule has 0 amide bonds. The number of allylic oxidation sites excluding steroid dienone is 2. The maximum absolute atomic E-state index is 17.7. The van der Waals surface area contributed by atoms with Gasteiger partial charge in [-0.25, -0.2) is 0 Å². The van der Waals surface area contributed by atoms with Crippen molar-refractivity contribution in [1.29, 1.82) is 0 Å². The number of fused-ring (bicyclic) bond motifs is 2. The molecule has 0 spiro atoms. The maximum Gasteiger partial charge on any atom is 0.168 e. The van der Waals surface area contributed by atoms with Crippen LogP contribution in [-0.4, -0.2) is 11.6 Å². The molecule has 14 aliphatic rings. The fourth-order valence-electron chi connectivity index (χ4n) is 18.7. The number of benzene rings is 9. The molecule has 4 atom stereocenters. The van der Waals surface area contributed by atoms with Crippen molar-refractivity contribution >= 4 is 11.6 Å². The summed E-state index contributed by atoms with van der Waals surface area (Å²) in [7, 11) is 0. The Morgan fingerprint density at radius 2 is 0.403 bits per heavy atom. The second kappa shape index (κ2) is 12.7. The van der Waals surface area contributed by atoms with E-state index in [4.69, 9.17) is 0 Å². The average Bonchev–Trinajstić information content (AvgIpc) is 3.45. The van der Waals surface area contributed by atoms with Crippen molar-refractivity contribution in [1.82, 2.24) is 0 Å². The second-order valence-corrected chi connectivity index (χ2v) is 22.7. The first-order chi connectivity index (χ1) is 35.7. The van der Waals surface area contributed by atoms with Gasteiger partial charge < -0.3 is 0 Å². The Labute approximate surface area is 417 Å². The Kier molecular flexibility index (Phi) is 6.69. The highest BCUT2D eigenvalue weighted by Crippen LogP contribution is 2.74. The second-order valence-electron chi connectivity index (χ2n) is 22.7. The van der Waals surface area contributed by atoms with E-state index in [-0.39, 0.29) is 70.7 Å². The van der Waals surface area contributed by atoms with Crippen molar-refractivity contribution in [2.75, 3.05) is 0 Å². The van der Waals surface area contributed by atoms with Crippen LogP contribution in [0.4, 0.5) is 0 Å². The predicted molar refractivity (Wildman–Crippen MR) is 279 cm³/mol. The predicted octanol–water partition coefficient (Wildman–Crippen LogP) is 14.4. The molecule has 0 saturated heterocycles. The summed E-state index contributed by atoms with van der Waals surface area (Å²) in [5.74, 6) is -1.51. The standard InChI is InChI=1S/C70H44O2/c71-69-65-61-53-41-25-9-1-17-33(41)49(34-18-2-10-26-42(34)53)57(61)58-50-35-19-3-11-27-43(35)54(44-28-12-4-20-36(44)50)62(58)66(65)70(72)68-64-56-47-31-15-7-23-39(47)52(40-24-8-16-32-48(40)56)60(64)59-51-37-21-5-13-29-45(37)55(63(59)67(68)69)46-30-14-6-22-38(46)51/h1-32,49-56,61-62,65-66H/t49?,50?,51?,52?,53?,54?,55?,56?,61-,62+,65+,66-. The quantitative estimate of drug-likeness (QED) is 0.142. The molecule has 0 saturated carbocycles. The molecule has 2 nitrogen and oxygen atoms in total. The lowest BCUT2D eigenvalue weighted by atomic mass is 9.40. The van der Waals surface area contributed by atoms with E-state index < -0.39 is 11.8 Å². The number of carbonyl (C=O) groups is 2. The number of hydrogen-bond donors (Lipinski definition) is 0. The van der Waals surface area contributed by atoms with Gasteiger partial charge in [-0.2, -0.15) is 0 Å². The summed E-state index contributed by atoms with van der Waals surface area (Å²) in [5.41, 5.74) is 30.6. The van der Waals surface area contributed by atoms with E-state index in [1.54, 1.807) is 0 Å². The van der Waals surface area contributed by atoms with Gasteiger partial charge in [0.25, 0.3) is 0 Å². The van der Waals surface area contributed by atoms with Crippen LogP contribution >= 0.6 is 0 Å². The van der Waals surface area contributed by atoms with E-state index >= 15 is 9.59 Å². The summed E-state index contributed by atoms with van der Waals surface area (Å²) in [6.07, 6.45) is 0. The molecule has 0 N–H and O–H groups in total. The third-order valence-electron chi connectivity index (χ3n) is 20.5. The zero-order chi connectivity index (χ0) is 46.6. The topological polar surface area (TPSA) is 34.1 Å². The average molecular weight is 917 g/mol. The van der Waals surface area contributed by atoms with Crippen LogP contribution in [0.1, 0.15) is 179 Å². The van der Waals surface area contributed by atoms with E-state index in [9.17, 15) is 0 Å². The van der Waals surface area contributed by atoms with Gasteiger partial charge in [-0.1, -0.05) is 205 Å². The highest BCUT2D eigenvalue weighted by molar-refractivity contribution is 6.20. The summed E-state index contributed by atoms with van der Waals surface area (Å²) >= 11 is 0. The molecule has 0 heterocycles. The van der Waals surface area contributed by atoms with Crippen LogP contribution in [0.25, 0.3) is 0 Å². The van der Waals surface area contributed by atoms with Gasteiger partial charge in [0, 0.05) is 82.1 Å². The first kappa shape index (κ1) is 37.8. The molecule has 0 aliphatic heterocycles. The summed E-state index contributed by atoms with van der Waals surface area (Å²) in [6.45, 7) is 0. The van der Waals surface area contributed by atoms with Crippen LogP contribution in [0.15, 0.2) is 205 Å². The number of carbonyl (C=O) groups excluding carboxylic acids is 2. The van der Waals surface area contributed by atoms with Crippen molar-refractivity contribution in [3.05, 3.63) is 328 Å². The van der Waals surface area contributed by atoms with Gasteiger partial charge in [0.2, 0.25) is 0 Å². The van der Waals surface area contributed by atoms with E-state index in [0.717, 1.165) is 22.3 Å². The number of Topliss-reactive ketones (excluding diaryl/α,β-unsaturated/α-hetero) is 2. The minimum atomic E-state index is -0.532. The maximum atomic E-state index is 17.7. The van der Waals surface area contributed by atoms with Gasteiger partial charge in [0.05, 0.1) is 0 Å². The van der Waals surface area contributed by atoms with E-state index in [0.29, 0.717) is 0 Å². The van der Waals surface area contributed by atoms with Crippen LogP contribution in [0, 0.1) is 23.7 Å². The Hall–Kier alpha value is -7.94. The number of rotatable bonds is 0. The Morgan fingerprint density at radius 1 is 0.208 bits per heavy atom. The number of hydrogen-bond acceptors (Lipinski definition) is 2.